The number of fused-ring (bicyclic) bond motifs is 1. The van der Waals surface area contributed by atoms with Crippen LogP contribution in [-0.2, 0) is 4.79 Å². The second kappa shape index (κ2) is 7.48. The van der Waals surface area contributed by atoms with E-state index in [4.69, 9.17) is 9.84 Å². The number of benzene rings is 3. The molecule has 6 heteroatoms. The molecule has 0 spiro atoms. The zero-order valence-corrected chi connectivity index (χ0v) is 16.1. The van der Waals surface area contributed by atoms with E-state index in [-0.39, 0.29) is 24.3 Å². The lowest BCUT2D eigenvalue weighted by Crippen LogP contribution is -2.26. The molecule has 3 aromatic carbocycles. The maximum absolute atomic E-state index is 13.0. The molecule has 0 aliphatic carbocycles. The van der Waals surface area contributed by atoms with Crippen LogP contribution in [0.15, 0.2) is 84.0 Å². The van der Waals surface area contributed by atoms with E-state index in [0.29, 0.717) is 23.5 Å². The Labute approximate surface area is 173 Å². The zero-order chi connectivity index (χ0) is 20.5. The highest BCUT2D eigenvalue weighted by Gasteiger charge is 2.33. The molecule has 2 amide bonds. The topological polar surface area (TPSA) is 71.0 Å². The van der Waals surface area contributed by atoms with Crippen molar-refractivity contribution in [2.75, 3.05) is 18.5 Å². The summed E-state index contributed by atoms with van der Waals surface area (Å²) >= 11 is 0. The Morgan fingerprint density at radius 3 is 2.50 bits per heavy atom. The van der Waals surface area contributed by atoms with Gasteiger partial charge in [-0.1, -0.05) is 48.5 Å². The lowest BCUT2D eigenvalue weighted by molar-refractivity contribution is -0.118. The van der Waals surface area contributed by atoms with Crippen LogP contribution in [0.5, 0.6) is 5.75 Å². The average Bonchev–Trinajstić information content (AvgIpc) is 3.25. The number of carbonyl (C=O) groups excluding carboxylic acids is 2. The molecule has 0 fully saturated rings. The number of ether oxygens (including phenoxy) is 1. The van der Waals surface area contributed by atoms with E-state index in [1.165, 1.54) is 5.01 Å². The number of hydrogen-bond donors (Lipinski definition) is 1. The molecule has 30 heavy (non-hydrogen) atoms. The second-order valence-electron chi connectivity index (χ2n) is 7.25. The van der Waals surface area contributed by atoms with Crippen molar-refractivity contribution in [3.05, 3.63) is 95.6 Å². The van der Waals surface area contributed by atoms with Crippen molar-refractivity contribution in [3.8, 4) is 5.75 Å². The predicted octanol–water partition coefficient (Wildman–Crippen LogP) is 3.66. The summed E-state index contributed by atoms with van der Waals surface area (Å²) in [5, 5.41) is 9.07. The first kappa shape index (κ1) is 18.1. The molecule has 1 N–H and O–H groups in total. The van der Waals surface area contributed by atoms with Crippen molar-refractivity contribution < 1.29 is 14.3 Å². The van der Waals surface area contributed by atoms with Crippen LogP contribution in [0.25, 0.3) is 0 Å². The third-order valence-corrected chi connectivity index (χ3v) is 5.28. The van der Waals surface area contributed by atoms with Gasteiger partial charge in [-0.2, -0.15) is 5.10 Å². The lowest BCUT2D eigenvalue weighted by atomic mass is 9.90. The van der Waals surface area contributed by atoms with Gasteiger partial charge in [0.1, 0.15) is 5.75 Å². The summed E-state index contributed by atoms with van der Waals surface area (Å²) in [7, 11) is 0. The van der Waals surface area contributed by atoms with Gasteiger partial charge in [0, 0.05) is 17.0 Å². The van der Waals surface area contributed by atoms with Crippen LogP contribution in [0.3, 0.4) is 0 Å². The first-order valence-electron chi connectivity index (χ1n) is 9.76. The number of anilines is 1. The molecular weight excluding hydrogens is 378 g/mol. The smallest absolute Gasteiger partial charge is 0.273 e. The Morgan fingerprint density at radius 1 is 1.00 bits per heavy atom. The summed E-state index contributed by atoms with van der Waals surface area (Å²) in [6.45, 7) is 0.465. The van der Waals surface area contributed by atoms with Gasteiger partial charge in [0.05, 0.1) is 17.9 Å². The summed E-state index contributed by atoms with van der Waals surface area (Å²) in [6.07, 6.45) is 0. The van der Waals surface area contributed by atoms with Crippen molar-refractivity contribution in [2.45, 2.75) is 5.92 Å². The highest BCUT2D eigenvalue weighted by molar-refractivity contribution is 6.09. The molecule has 0 saturated carbocycles. The van der Waals surface area contributed by atoms with Gasteiger partial charge in [0.25, 0.3) is 11.8 Å². The molecule has 0 saturated heterocycles. The number of hydrazone groups is 1. The van der Waals surface area contributed by atoms with Crippen LogP contribution in [0.4, 0.5) is 5.69 Å². The summed E-state index contributed by atoms with van der Waals surface area (Å²) in [5.41, 5.74) is 3.92. The molecule has 2 aliphatic heterocycles. The van der Waals surface area contributed by atoms with Crippen LogP contribution in [0.2, 0.25) is 0 Å². The molecular formula is C24H19N3O3. The van der Waals surface area contributed by atoms with Gasteiger partial charge in [-0.25, -0.2) is 5.01 Å². The predicted molar refractivity (Wildman–Crippen MR) is 114 cm³/mol. The highest BCUT2D eigenvalue weighted by Crippen LogP contribution is 2.34. The first-order chi connectivity index (χ1) is 14.7. The van der Waals surface area contributed by atoms with Gasteiger partial charge in [-0.3, -0.25) is 9.59 Å². The quantitative estimate of drug-likeness (QED) is 0.733. The third-order valence-electron chi connectivity index (χ3n) is 5.28. The number of carbonyl (C=O) groups is 2. The Morgan fingerprint density at radius 2 is 1.73 bits per heavy atom. The van der Waals surface area contributed by atoms with Crippen LogP contribution >= 0.6 is 0 Å². The number of hydrogen-bond acceptors (Lipinski definition) is 4. The number of nitrogens with one attached hydrogen (secondary N) is 1. The monoisotopic (exact) mass is 397 g/mol. The molecule has 0 aromatic heterocycles. The Hall–Kier alpha value is -3.93. The fraction of sp³-hybridized carbons (Fsp3) is 0.125. The summed E-state index contributed by atoms with van der Waals surface area (Å²) in [5.74, 6) is 0.233. The zero-order valence-electron chi connectivity index (χ0n) is 16.1. The molecule has 1 unspecified atom stereocenters. The average molecular weight is 397 g/mol. The van der Waals surface area contributed by atoms with Gasteiger partial charge >= 0.3 is 0 Å². The largest absolute Gasteiger partial charge is 0.482 e. The minimum Gasteiger partial charge on any atom is -0.482 e. The van der Waals surface area contributed by atoms with Gasteiger partial charge in [-0.05, 0) is 35.9 Å². The maximum atomic E-state index is 13.0. The van der Waals surface area contributed by atoms with E-state index >= 15 is 0 Å². The Bertz CT molecular complexity index is 1140. The summed E-state index contributed by atoms with van der Waals surface area (Å²) in [4.78, 5) is 24.7. The molecule has 3 aromatic rings. The van der Waals surface area contributed by atoms with E-state index in [1.54, 1.807) is 12.1 Å². The van der Waals surface area contributed by atoms with E-state index < -0.39 is 0 Å². The van der Waals surface area contributed by atoms with Crippen LogP contribution < -0.4 is 10.1 Å². The Balaban J connectivity index is 1.54. The molecule has 1 atom stereocenters. The first-order valence-corrected chi connectivity index (χ1v) is 9.76. The standard InChI is InChI=1S/C24H19N3O3/c28-22-15-30-21-12-11-18(13-20(21)25-22)23-19(16-7-3-1-4-8-16)14-27(26-23)24(29)17-9-5-2-6-10-17/h1-13,19H,14-15H2,(H,25,28). The van der Waals surface area contributed by atoms with Crippen molar-refractivity contribution in [3.63, 3.8) is 0 Å². The highest BCUT2D eigenvalue weighted by atomic mass is 16.5. The molecule has 6 nitrogen and oxygen atoms in total. The van der Waals surface area contributed by atoms with E-state index in [1.807, 2.05) is 66.7 Å². The normalized spacial score (nSPS) is 17.6. The van der Waals surface area contributed by atoms with Crippen LogP contribution in [0, 0.1) is 0 Å². The minimum absolute atomic E-state index is 0.0132. The number of amides is 2. The van der Waals surface area contributed by atoms with Crippen molar-refractivity contribution >= 4 is 23.2 Å². The fourth-order valence-electron chi connectivity index (χ4n) is 3.81. The maximum Gasteiger partial charge on any atom is 0.273 e. The lowest BCUT2D eigenvalue weighted by Gasteiger charge is -2.19. The van der Waals surface area contributed by atoms with Gasteiger partial charge in [0.15, 0.2) is 6.61 Å². The molecule has 148 valence electrons. The van der Waals surface area contributed by atoms with Crippen LogP contribution in [-0.4, -0.2) is 35.7 Å². The fourth-order valence-corrected chi connectivity index (χ4v) is 3.81. The van der Waals surface area contributed by atoms with Crippen molar-refractivity contribution in [1.29, 1.82) is 0 Å². The molecule has 2 aliphatic rings. The molecule has 5 rings (SSSR count). The van der Waals surface area contributed by atoms with Gasteiger partial charge < -0.3 is 10.1 Å². The Kier molecular flexibility index (Phi) is 4.52. The summed E-state index contributed by atoms with van der Waals surface area (Å²) in [6, 6.07) is 24.8. The van der Waals surface area contributed by atoms with Gasteiger partial charge in [0.2, 0.25) is 0 Å². The van der Waals surface area contributed by atoms with Crippen LogP contribution in [0.1, 0.15) is 27.4 Å². The minimum atomic E-state index is -0.187. The van der Waals surface area contributed by atoms with Crippen molar-refractivity contribution in [1.82, 2.24) is 5.01 Å². The molecule has 0 bridgehead atoms. The van der Waals surface area contributed by atoms with Gasteiger partial charge in [-0.15, -0.1) is 0 Å². The SMILES string of the molecule is O=C1COc2ccc(C3=NN(C(=O)c4ccccc4)CC3c3ccccc3)cc2N1. The molecule has 2 heterocycles. The number of nitrogens with zero attached hydrogens (tertiary/aromatic N) is 2. The summed E-state index contributed by atoms with van der Waals surface area (Å²) < 4.78 is 5.47. The number of rotatable bonds is 3. The molecule has 0 radical (unpaired) electrons. The van der Waals surface area contributed by atoms with E-state index in [0.717, 1.165) is 16.8 Å². The second-order valence-corrected chi connectivity index (χ2v) is 7.25. The van der Waals surface area contributed by atoms with E-state index in [2.05, 4.69) is 5.32 Å². The van der Waals surface area contributed by atoms with Crippen molar-refractivity contribution in [2.24, 2.45) is 5.10 Å². The van der Waals surface area contributed by atoms with E-state index in [9.17, 15) is 9.59 Å². The third kappa shape index (κ3) is 3.33.